The summed E-state index contributed by atoms with van der Waals surface area (Å²) in [4.78, 5) is 12.2. The first-order chi connectivity index (χ1) is 14.1. The molecule has 0 aliphatic carbocycles. The van der Waals surface area contributed by atoms with Gasteiger partial charge in [0, 0.05) is 0 Å². The van der Waals surface area contributed by atoms with E-state index in [0.29, 0.717) is 5.75 Å². The van der Waals surface area contributed by atoms with Crippen molar-refractivity contribution in [2.45, 2.75) is 49.3 Å². The number of rotatable bonds is 9. The summed E-state index contributed by atoms with van der Waals surface area (Å²) in [6, 6.07) is 6.11. The standard InChI is InChI=1S/C19H28O11/c1-19(26,13(21)7-20)9-29-18-16(24)15(23)14(22)12(30-18)8-28-17(25)10-3-5-11(27-2)6-4-10/h3-6,12-16,18,20-24,26H,7-9H2,1-2H3. The van der Waals surface area contributed by atoms with Gasteiger partial charge in [0.2, 0.25) is 0 Å². The maximum absolute atomic E-state index is 12.2. The molecule has 7 atom stereocenters. The fraction of sp³-hybridized carbons (Fsp3) is 0.632. The van der Waals surface area contributed by atoms with Crippen LogP contribution >= 0.6 is 0 Å². The summed E-state index contributed by atoms with van der Waals surface area (Å²) in [7, 11) is 1.48. The van der Waals surface area contributed by atoms with Gasteiger partial charge in [-0.1, -0.05) is 0 Å². The third-order valence-corrected chi connectivity index (χ3v) is 4.80. The highest BCUT2D eigenvalue weighted by Gasteiger charge is 2.45. The first kappa shape index (κ1) is 24.4. The Morgan fingerprint density at radius 1 is 1.17 bits per heavy atom. The van der Waals surface area contributed by atoms with Gasteiger partial charge in [-0.25, -0.2) is 4.79 Å². The van der Waals surface area contributed by atoms with Gasteiger partial charge >= 0.3 is 5.97 Å². The molecular formula is C19H28O11. The van der Waals surface area contributed by atoms with E-state index in [1.165, 1.54) is 26.2 Å². The average molecular weight is 432 g/mol. The Bertz CT molecular complexity index is 678. The molecule has 1 aliphatic rings. The molecule has 0 bridgehead atoms. The topological polar surface area (TPSA) is 175 Å². The second-order valence-corrected chi connectivity index (χ2v) is 7.21. The Labute approximate surface area is 173 Å². The van der Waals surface area contributed by atoms with E-state index in [2.05, 4.69) is 0 Å². The van der Waals surface area contributed by atoms with E-state index >= 15 is 0 Å². The molecule has 170 valence electrons. The molecule has 1 saturated heterocycles. The Hall–Kier alpha value is -1.83. The largest absolute Gasteiger partial charge is 0.497 e. The minimum absolute atomic E-state index is 0.225. The van der Waals surface area contributed by atoms with E-state index in [1.54, 1.807) is 12.1 Å². The van der Waals surface area contributed by atoms with E-state index in [4.69, 9.17) is 24.1 Å². The van der Waals surface area contributed by atoms with Crippen LogP contribution in [0.5, 0.6) is 5.75 Å². The van der Waals surface area contributed by atoms with Crippen LogP contribution in [0.1, 0.15) is 17.3 Å². The fourth-order valence-electron chi connectivity index (χ4n) is 2.70. The fourth-order valence-corrected chi connectivity index (χ4v) is 2.70. The Morgan fingerprint density at radius 3 is 2.37 bits per heavy atom. The number of aliphatic hydroxyl groups excluding tert-OH is 5. The molecule has 1 heterocycles. The molecule has 11 nitrogen and oxygen atoms in total. The third-order valence-electron chi connectivity index (χ3n) is 4.80. The number of methoxy groups -OCH3 is 1. The highest BCUT2D eigenvalue weighted by atomic mass is 16.7. The second-order valence-electron chi connectivity index (χ2n) is 7.21. The normalized spacial score (nSPS) is 29.7. The summed E-state index contributed by atoms with van der Waals surface area (Å²) in [5, 5.41) is 58.8. The van der Waals surface area contributed by atoms with Gasteiger partial charge in [0.25, 0.3) is 0 Å². The molecule has 1 fully saturated rings. The lowest BCUT2D eigenvalue weighted by Gasteiger charge is -2.41. The zero-order valence-corrected chi connectivity index (χ0v) is 16.6. The SMILES string of the molecule is COc1ccc(C(=O)OCC2OC(OCC(C)(O)C(O)CO)C(O)C(O)C2O)cc1. The smallest absolute Gasteiger partial charge is 0.338 e. The van der Waals surface area contributed by atoms with Crippen LogP contribution in [0.2, 0.25) is 0 Å². The molecule has 0 aromatic heterocycles. The lowest BCUT2D eigenvalue weighted by atomic mass is 9.98. The van der Waals surface area contributed by atoms with Crippen molar-refractivity contribution >= 4 is 5.97 Å². The van der Waals surface area contributed by atoms with Gasteiger partial charge in [-0.3, -0.25) is 0 Å². The van der Waals surface area contributed by atoms with E-state index in [-0.39, 0.29) is 5.56 Å². The van der Waals surface area contributed by atoms with Crippen LogP contribution in [0.4, 0.5) is 0 Å². The molecule has 11 heteroatoms. The summed E-state index contributed by atoms with van der Waals surface area (Å²) < 4.78 is 20.7. The summed E-state index contributed by atoms with van der Waals surface area (Å²) in [5.74, 6) is -0.155. The van der Waals surface area contributed by atoms with Crippen molar-refractivity contribution in [1.82, 2.24) is 0 Å². The molecule has 30 heavy (non-hydrogen) atoms. The van der Waals surface area contributed by atoms with E-state index in [9.17, 15) is 30.3 Å². The van der Waals surface area contributed by atoms with E-state index in [1.807, 2.05) is 0 Å². The van der Waals surface area contributed by atoms with Crippen molar-refractivity contribution in [3.05, 3.63) is 29.8 Å². The first-order valence-electron chi connectivity index (χ1n) is 9.24. The van der Waals surface area contributed by atoms with Gasteiger partial charge in [-0.05, 0) is 31.2 Å². The number of ether oxygens (including phenoxy) is 4. The van der Waals surface area contributed by atoms with Crippen molar-refractivity contribution < 1.29 is 54.4 Å². The number of aliphatic hydroxyl groups is 6. The summed E-state index contributed by atoms with van der Waals surface area (Å²) in [6.07, 6.45) is -9.17. The highest BCUT2D eigenvalue weighted by molar-refractivity contribution is 5.89. The molecule has 1 aromatic rings. The van der Waals surface area contributed by atoms with Crippen LogP contribution < -0.4 is 4.74 Å². The molecule has 0 spiro atoms. The summed E-state index contributed by atoms with van der Waals surface area (Å²) >= 11 is 0. The van der Waals surface area contributed by atoms with E-state index < -0.39 is 68.2 Å². The lowest BCUT2D eigenvalue weighted by Crippen LogP contribution is -2.60. The number of carbonyl (C=O) groups excluding carboxylic acids is 1. The number of esters is 1. The quantitative estimate of drug-likeness (QED) is 0.233. The van der Waals surface area contributed by atoms with Gasteiger partial charge in [-0.15, -0.1) is 0 Å². The highest BCUT2D eigenvalue weighted by Crippen LogP contribution is 2.24. The molecule has 0 radical (unpaired) electrons. The van der Waals surface area contributed by atoms with Gasteiger partial charge in [0.05, 0.1) is 25.9 Å². The number of hydrogen-bond donors (Lipinski definition) is 6. The molecule has 1 aliphatic heterocycles. The Kier molecular flexibility index (Phi) is 8.52. The van der Waals surface area contributed by atoms with E-state index in [0.717, 1.165) is 0 Å². The van der Waals surface area contributed by atoms with Crippen LogP contribution in [-0.4, -0.2) is 106 Å². The van der Waals surface area contributed by atoms with Crippen LogP contribution in [-0.2, 0) is 14.2 Å². The van der Waals surface area contributed by atoms with Gasteiger partial charge in [0.15, 0.2) is 6.29 Å². The van der Waals surface area contributed by atoms with Crippen molar-refractivity contribution in [1.29, 1.82) is 0 Å². The lowest BCUT2D eigenvalue weighted by molar-refractivity contribution is -0.310. The monoisotopic (exact) mass is 432 g/mol. The molecule has 2 rings (SSSR count). The van der Waals surface area contributed by atoms with Crippen molar-refractivity contribution in [2.75, 3.05) is 26.9 Å². The molecule has 0 saturated carbocycles. The van der Waals surface area contributed by atoms with Crippen molar-refractivity contribution in [2.24, 2.45) is 0 Å². The molecule has 1 aromatic carbocycles. The Balaban J connectivity index is 1.97. The third kappa shape index (κ3) is 5.86. The van der Waals surface area contributed by atoms with Crippen LogP contribution in [0, 0.1) is 0 Å². The maximum atomic E-state index is 12.2. The average Bonchev–Trinajstić information content (AvgIpc) is 2.75. The van der Waals surface area contributed by atoms with Gasteiger partial charge < -0.3 is 49.6 Å². The van der Waals surface area contributed by atoms with Crippen molar-refractivity contribution in [3.63, 3.8) is 0 Å². The predicted molar refractivity (Wildman–Crippen MR) is 99.6 cm³/mol. The molecule has 7 unspecified atom stereocenters. The molecular weight excluding hydrogens is 404 g/mol. The predicted octanol–water partition coefficient (Wildman–Crippen LogP) is -2.22. The maximum Gasteiger partial charge on any atom is 0.338 e. The summed E-state index contributed by atoms with van der Waals surface area (Å²) in [6.45, 7) is -0.541. The summed E-state index contributed by atoms with van der Waals surface area (Å²) in [5.41, 5.74) is -1.64. The number of benzene rings is 1. The second kappa shape index (κ2) is 10.5. The van der Waals surface area contributed by atoms with Crippen LogP contribution in [0.3, 0.4) is 0 Å². The zero-order chi connectivity index (χ0) is 22.5. The Morgan fingerprint density at radius 2 is 1.80 bits per heavy atom. The van der Waals surface area contributed by atoms with Crippen molar-refractivity contribution in [3.8, 4) is 5.75 Å². The molecule has 6 N–H and O–H groups in total. The van der Waals surface area contributed by atoms with Crippen LogP contribution in [0.15, 0.2) is 24.3 Å². The van der Waals surface area contributed by atoms with Gasteiger partial charge in [0.1, 0.15) is 48.5 Å². The molecule has 0 amide bonds. The number of carbonyl (C=O) groups is 1. The number of hydrogen-bond acceptors (Lipinski definition) is 11. The first-order valence-corrected chi connectivity index (χ1v) is 9.24. The minimum Gasteiger partial charge on any atom is -0.497 e. The zero-order valence-electron chi connectivity index (χ0n) is 16.6. The minimum atomic E-state index is -1.87. The van der Waals surface area contributed by atoms with Gasteiger partial charge in [-0.2, -0.15) is 0 Å². The van der Waals surface area contributed by atoms with Crippen LogP contribution in [0.25, 0.3) is 0 Å².